The highest BCUT2D eigenvalue weighted by Gasteiger charge is 2.21. The third-order valence-electron chi connectivity index (χ3n) is 3.32. The minimum absolute atomic E-state index is 0.0369. The number of sulfonamides is 1. The van der Waals surface area contributed by atoms with Crippen LogP contribution in [0.2, 0.25) is 0 Å². The number of anilines is 1. The minimum Gasteiger partial charge on any atom is -0.452 e. The first-order valence-electron chi connectivity index (χ1n) is 7.69. The van der Waals surface area contributed by atoms with E-state index in [4.69, 9.17) is 4.74 Å². The van der Waals surface area contributed by atoms with Crippen LogP contribution in [0.3, 0.4) is 0 Å². The highest BCUT2D eigenvalue weighted by molar-refractivity contribution is 7.89. The Balaban J connectivity index is 1.89. The summed E-state index contributed by atoms with van der Waals surface area (Å²) in [5.41, 5.74) is -0.410. The fraction of sp³-hybridized carbons (Fsp3) is 0.176. The van der Waals surface area contributed by atoms with Crippen LogP contribution in [0, 0.1) is 11.6 Å². The maximum Gasteiger partial charge on any atom is 0.321 e. The average molecular weight is 398 g/mol. The fourth-order valence-corrected chi connectivity index (χ4v) is 2.95. The van der Waals surface area contributed by atoms with E-state index in [9.17, 15) is 26.8 Å². The molecule has 7 nitrogen and oxygen atoms in total. The van der Waals surface area contributed by atoms with Gasteiger partial charge >= 0.3 is 5.97 Å². The molecule has 0 saturated carbocycles. The lowest BCUT2D eigenvalue weighted by molar-refractivity contribution is -0.151. The Morgan fingerprint density at radius 1 is 1.11 bits per heavy atom. The molecule has 10 heteroatoms. The van der Waals surface area contributed by atoms with Crippen LogP contribution in [0.15, 0.2) is 53.4 Å². The van der Waals surface area contributed by atoms with Gasteiger partial charge in [0.15, 0.2) is 6.10 Å². The van der Waals surface area contributed by atoms with Crippen LogP contribution in [0.25, 0.3) is 0 Å². The van der Waals surface area contributed by atoms with Gasteiger partial charge in [-0.3, -0.25) is 9.59 Å². The predicted octanol–water partition coefficient (Wildman–Crippen LogP) is 1.81. The van der Waals surface area contributed by atoms with Crippen LogP contribution in [-0.4, -0.2) is 32.9 Å². The number of hydrogen-bond acceptors (Lipinski definition) is 5. The van der Waals surface area contributed by atoms with Crippen molar-refractivity contribution >= 4 is 27.6 Å². The van der Waals surface area contributed by atoms with Gasteiger partial charge in [-0.05, 0) is 31.2 Å². The van der Waals surface area contributed by atoms with Crippen molar-refractivity contribution in [1.82, 2.24) is 4.72 Å². The van der Waals surface area contributed by atoms with Crippen LogP contribution in [0.5, 0.6) is 0 Å². The fourth-order valence-electron chi connectivity index (χ4n) is 1.96. The molecule has 1 amide bonds. The van der Waals surface area contributed by atoms with Crippen molar-refractivity contribution in [2.75, 3.05) is 11.9 Å². The number of hydrogen-bond donors (Lipinski definition) is 2. The molecule has 1 atom stereocenters. The van der Waals surface area contributed by atoms with Crippen molar-refractivity contribution < 1.29 is 31.5 Å². The lowest BCUT2D eigenvalue weighted by Crippen LogP contribution is -2.36. The lowest BCUT2D eigenvalue weighted by Gasteiger charge is -2.14. The Labute approximate surface area is 154 Å². The molecular formula is C17H16F2N2O5S. The van der Waals surface area contributed by atoms with Crippen molar-refractivity contribution in [3.05, 3.63) is 60.2 Å². The van der Waals surface area contributed by atoms with Gasteiger partial charge in [0.1, 0.15) is 18.2 Å². The number of benzene rings is 2. The minimum atomic E-state index is -3.91. The number of nitrogens with one attached hydrogen (secondary N) is 2. The average Bonchev–Trinajstić information content (AvgIpc) is 2.64. The maximum absolute atomic E-state index is 13.5. The van der Waals surface area contributed by atoms with Gasteiger partial charge in [0.05, 0.1) is 10.6 Å². The molecule has 0 aliphatic rings. The normalized spacial score (nSPS) is 12.3. The molecule has 27 heavy (non-hydrogen) atoms. The van der Waals surface area contributed by atoms with Crippen LogP contribution in [0.1, 0.15) is 6.92 Å². The van der Waals surface area contributed by atoms with Crippen molar-refractivity contribution in [2.45, 2.75) is 17.9 Å². The summed E-state index contributed by atoms with van der Waals surface area (Å²) in [4.78, 5) is 23.6. The number of esters is 1. The molecular weight excluding hydrogens is 382 g/mol. The van der Waals surface area contributed by atoms with Crippen molar-refractivity contribution in [1.29, 1.82) is 0 Å². The molecule has 0 saturated heterocycles. The first-order chi connectivity index (χ1) is 12.7. The molecule has 0 fully saturated rings. The molecule has 0 heterocycles. The Hall–Kier alpha value is -2.85. The summed E-state index contributed by atoms with van der Waals surface area (Å²) in [6, 6.07) is 9.85. The molecule has 0 aromatic heterocycles. The second-order valence-corrected chi connectivity index (χ2v) is 7.15. The largest absolute Gasteiger partial charge is 0.452 e. The topological polar surface area (TPSA) is 102 Å². The van der Waals surface area contributed by atoms with E-state index in [2.05, 4.69) is 5.32 Å². The van der Waals surface area contributed by atoms with Crippen molar-refractivity contribution in [3.8, 4) is 0 Å². The molecule has 0 aliphatic carbocycles. The van der Waals surface area contributed by atoms with Gasteiger partial charge in [0.25, 0.3) is 5.91 Å². The molecule has 0 aliphatic heterocycles. The van der Waals surface area contributed by atoms with E-state index in [-0.39, 0.29) is 4.90 Å². The maximum atomic E-state index is 13.5. The van der Waals surface area contributed by atoms with Crippen LogP contribution >= 0.6 is 0 Å². The van der Waals surface area contributed by atoms with E-state index in [0.717, 1.165) is 18.2 Å². The number of carbonyl (C=O) groups is 2. The molecule has 2 aromatic carbocycles. The molecule has 0 radical (unpaired) electrons. The molecule has 0 spiro atoms. The van der Waals surface area contributed by atoms with Crippen LogP contribution in [0.4, 0.5) is 14.5 Å². The van der Waals surface area contributed by atoms with Gasteiger partial charge in [-0.15, -0.1) is 0 Å². The molecule has 0 bridgehead atoms. The third-order valence-corrected chi connectivity index (χ3v) is 4.74. The summed E-state index contributed by atoms with van der Waals surface area (Å²) in [5.74, 6) is -3.54. The zero-order chi connectivity index (χ0) is 20.0. The quantitative estimate of drug-likeness (QED) is 0.693. The summed E-state index contributed by atoms with van der Waals surface area (Å²) in [6.07, 6.45) is -1.36. The van der Waals surface area contributed by atoms with E-state index >= 15 is 0 Å². The predicted molar refractivity (Wildman–Crippen MR) is 92.2 cm³/mol. The van der Waals surface area contributed by atoms with E-state index in [0.29, 0.717) is 0 Å². The lowest BCUT2D eigenvalue weighted by atomic mass is 10.2. The van der Waals surface area contributed by atoms with Crippen LogP contribution in [-0.2, 0) is 24.3 Å². The first kappa shape index (κ1) is 20.5. The van der Waals surface area contributed by atoms with E-state index in [1.165, 1.54) is 31.2 Å². The van der Waals surface area contributed by atoms with Crippen LogP contribution < -0.4 is 10.0 Å². The smallest absolute Gasteiger partial charge is 0.321 e. The Kier molecular flexibility index (Phi) is 6.59. The molecule has 0 unspecified atom stereocenters. The summed E-state index contributed by atoms with van der Waals surface area (Å²) in [7, 11) is -3.91. The number of amides is 1. The van der Waals surface area contributed by atoms with Gasteiger partial charge < -0.3 is 10.1 Å². The second kappa shape index (κ2) is 8.69. The van der Waals surface area contributed by atoms with Gasteiger partial charge in [-0.25, -0.2) is 17.2 Å². The van der Waals surface area contributed by atoms with Gasteiger partial charge in [-0.2, -0.15) is 4.72 Å². The number of carbonyl (C=O) groups excluding carboxylic acids is 2. The summed E-state index contributed by atoms with van der Waals surface area (Å²) >= 11 is 0. The molecule has 2 aromatic rings. The number of ether oxygens (including phenoxy) is 1. The standard InChI is InChI=1S/C17H16F2N2O5S/c1-11(17(23)21-15-9-12(18)7-8-14(15)19)26-16(22)10-20-27(24,25)13-5-3-2-4-6-13/h2-9,11,20H,10H2,1H3,(H,21,23)/t11-/m0/s1. The second-order valence-electron chi connectivity index (χ2n) is 5.38. The molecule has 2 rings (SSSR count). The Morgan fingerprint density at radius 3 is 2.44 bits per heavy atom. The summed E-state index contributed by atoms with van der Waals surface area (Å²) in [5, 5.41) is 2.08. The first-order valence-corrected chi connectivity index (χ1v) is 9.17. The van der Waals surface area contributed by atoms with E-state index < -0.39 is 51.9 Å². The summed E-state index contributed by atoms with van der Waals surface area (Å²) < 4.78 is 57.4. The Bertz CT molecular complexity index is 936. The van der Waals surface area contributed by atoms with E-state index in [1.54, 1.807) is 6.07 Å². The summed E-state index contributed by atoms with van der Waals surface area (Å²) in [6.45, 7) is 0.499. The zero-order valence-corrected chi connectivity index (χ0v) is 14.9. The number of halogens is 2. The SMILES string of the molecule is C[C@H](OC(=O)CNS(=O)(=O)c1ccccc1)C(=O)Nc1cc(F)ccc1F. The number of rotatable bonds is 7. The highest BCUT2D eigenvalue weighted by Crippen LogP contribution is 2.15. The molecule has 144 valence electrons. The Morgan fingerprint density at radius 2 is 1.78 bits per heavy atom. The van der Waals surface area contributed by atoms with Gasteiger partial charge in [0, 0.05) is 6.07 Å². The molecule has 2 N–H and O–H groups in total. The van der Waals surface area contributed by atoms with Crippen molar-refractivity contribution in [2.24, 2.45) is 0 Å². The monoisotopic (exact) mass is 398 g/mol. The van der Waals surface area contributed by atoms with Gasteiger partial charge in [0.2, 0.25) is 10.0 Å². The van der Waals surface area contributed by atoms with E-state index in [1.807, 2.05) is 4.72 Å². The zero-order valence-electron chi connectivity index (χ0n) is 14.1. The van der Waals surface area contributed by atoms with Crippen molar-refractivity contribution in [3.63, 3.8) is 0 Å². The highest BCUT2D eigenvalue weighted by atomic mass is 32.2. The van der Waals surface area contributed by atoms with Gasteiger partial charge in [-0.1, -0.05) is 18.2 Å². The third kappa shape index (κ3) is 5.83.